The molecule has 2 atom stereocenters. The summed E-state index contributed by atoms with van der Waals surface area (Å²) >= 11 is 0. The summed E-state index contributed by atoms with van der Waals surface area (Å²) in [5.41, 5.74) is 8.02. The predicted molar refractivity (Wildman–Crippen MR) is 88.7 cm³/mol. The Kier molecular flexibility index (Phi) is 5.39. The average molecular weight is 308 g/mol. The standard InChI is InChI=1S/C16H24N2O2S/c1-11-14(17)8-5-9-15(11)18-16(19)12(2)21(20)10-13-6-3-4-7-13/h5,8-9,12-13H,3-4,6-7,10,17H2,1-2H3,(H,18,19). The van der Waals surface area contributed by atoms with Crippen LogP contribution < -0.4 is 11.1 Å². The number of anilines is 2. The average Bonchev–Trinajstić information content (AvgIpc) is 2.95. The zero-order valence-corrected chi connectivity index (χ0v) is 13.5. The number of hydrogen-bond acceptors (Lipinski definition) is 3. The van der Waals surface area contributed by atoms with Gasteiger partial charge in [-0.25, -0.2) is 0 Å². The molecule has 1 fully saturated rings. The zero-order valence-electron chi connectivity index (χ0n) is 12.7. The minimum absolute atomic E-state index is 0.194. The van der Waals surface area contributed by atoms with Crippen molar-refractivity contribution >= 4 is 28.1 Å². The molecule has 0 saturated heterocycles. The Morgan fingerprint density at radius 2 is 2.10 bits per heavy atom. The summed E-state index contributed by atoms with van der Waals surface area (Å²) < 4.78 is 12.3. The molecule has 1 aromatic rings. The monoisotopic (exact) mass is 308 g/mol. The summed E-state index contributed by atoms with van der Waals surface area (Å²) in [4.78, 5) is 12.2. The lowest BCUT2D eigenvalue weighted by molar-refractivity contribution is -0.115. The third-order valence-corrected chi connectivity index (χ3v) is 6.07. The Hall–Kier alpha value is -1.36. The molecule has 0 radical (unpaired) electrons. The third-order valence-electron chi connectivity index (χ3n) is 4.27. The Bertz CT molecular complexity index is 539. The molecule has 0 heterocycles. The molecule has 0 spiro atoms. The van der Waals surface area contributed by atoms with Crippen LogP contribution in [-0.2, 0) is 15.6 Å². The highest BCUT2D eigenvalue weighted by Gasteiger charge is 2.25. The smallest absolute Gasteiger partial charge is 0.239 e. The molecule has 0 bridgehead atoms. The molecule has 4 nitrogen and oxygen atoms in total. The van der Waals surface area contributed by atoms with Crippen molar-refractivity contribution < 1.29 is 9.00 Å². The van der Waals surface area contributed by atoms with Gasteiger partial charge < -0.3 is 11.1 Å². The fourth-order valence-electron chi connectivity index (χ4n) is 2.70. The molecule has 116 valence electrons. The van der Waals surface area contributed by atoms with E-state index in [0.717, 1.165) is 18.4 Å². The summed E-state index contributed by atoms with van der Waals surface area (Å²) in [5.74, 6) is 0.972. The first-order valence-corrected chi connectivity index (χ1v) is 8.90. The van der Waals surface area contributed by atoms with Crippen LogP contribution in [0.2, 0.25) is 0 Å². The maximum Gasteiger partial charge on any atom is 0.239 e. The van der Waals surface area contributed by atoms with Crippen LogP contribution in [0.3, 0.4) is 0 Å². The first-order chi connectivity index (χ1) is 9.99. The third kappa shape index (κ3) is 4.06. The van der Waals surface area contributed by atoms with Gasteiger partial charge in [-0.05, 0) is 50.3 Å². The molecule has 1 aromatic carbocycles. The van der Waals surface area contributed by atoms with Gasteiger partial charge in [0.15, 0.2) is 0 Å². The summed E-state index contributed by atoms with van der Waals surface area (Å²) in [6.45, 7) is 3.60. The zero-order chi connectivity index (χ0) is 15.4. The number of benzene rings is 1. The molecule has 0 aliphatic heterocycles. The minimum Gasteiger partial charge on any atom is -0.398 e. The molecule has 1 aliphatic rings. The van der Waals surface area contributed by atoms with Crippen LogP contribution in [0.5, 0.6) is 0 Å². The first-order valence-electron chi connectivity index (χ1n) is 7.52. The lowest BCUT2D eigenvalue weighted by Gasteiger charge is -2.16. The molecule has 2 rings (SSSR count). The molecular formula is C16H24N2O2S. The molecule has 5 heteroatoms. The number of rotatable bonds is 5. The Balaban J connectivity index is 1.95. The fourth-order valence-corrected chi connectivity index (χ4v) is 4.08. The van der Waals surface area contributed by atoms with E-state index in [4.69, 9.17) is 5.73 Å². The van der Waals surface area contributed by atoms with E-state index >= 15 is 0 Å². The SMILES string of the molecule is Cc1c(N)cccc1NC(=O)C(C)S(=O)CC1CCCC1. The van der Waals surface area contributed by atoms with Gasteiger partial charge in [0.25, 0.3) is 0 Å². The van der Waals surface area contributed by atoms with E-state index in [0.29, 0.717) is 23.0 Å². The summed E-state index contributed by atoms with van der Waals surface area (Å²) in [6.07, 6.45) is 4.75. The van der Waals surface area contributed by atoms with E-state index < -0.39 is 16.0 Å². The highest BCUT2D eigenvalue weighted by atomic mass is 32.2. The molecule has 2 unspecified atom stereocenters. The lowest BCUT2D eigenvalue weighted by Crippen LogP contribution is -2.31. The lowest BCUT2D eigenvalue weighted by atomic mass is 10.1. The molecule has 1 saturated carbocycles. The number of carbonyl (C=O) groups excluding carboxylic acids is 1. The molecule has 21 heavy (non-hydrogen) atoms. The number of carbonyl (C=O) groups is 1. The van der Waals surface area contributed by atoms with Gasteiger partial charge in [0.05, 0.1) is 0 Å². The Morgan fingerprint density at radius 1 is 1.43 bits per heavy atom. The van der Waals surface area contributed by atoms with E-state index in [2.05, 4.69) is 5.32 Å². The molecular weight excluding hydrogens is 284 g/mol. The van der Waals surface area contributed by atoms with Gasteiger partial charge in [-0.1, -0.05) is 18.9 Å². The van der Waals surface area contributed by atoms with Crippen molar-refractivity contribution in [1.82, 2.24) is 0 Å². The van der Waals surface area contributed by atoms with Gasteiger partial charge in [0.2, 0.25) is 5.91 Å². The second-order valence-corrected chi connectivity index (χ2v) is 7.65. The number of nitrogens with one attached hydrogen (secondary N) is 1. The van der Waals surface area contributed by atoms with Crippen LogP contribution >= 0.6 is 0 Å². The maximum atomic E-state index is 12.3. The predicted octanol–water partition coefficient (Wildman–Crippen LogP) is 2.84. The fraction of sp³-hybridized carbons (Fsp3) is 0.562. The minimum atomic E-state index is -1.11. The van der Waals surface area contributed by atoms with E-state index in [9.17, 15) is 9.00 Å². The van der Waals surface area contributed by atoms with Gasteiger partial charge in [0, 0.05) is 27.9 Å². The highest BCUT2D eigenvalue weighted by molar-refractivity contribution is 7.86. The van der Waals surface area contributed by atoms with Crippen molar-refractivity contribution in [3.63, 3.8) is 0 Å². The van der Waals surface area contributed by atoms with Crippen molar-refractivity contribution in [2.75, 3.05) is 16.8 Å². The Morgan fingerprint density at radius 3 is 2.76 bits per heavy atom. The maximum absolute atomic E-state index is 12.3. The second kappa shape index (κ2) is 7.07. The van der Waals surface area contributed by atoms with Crippen LogP contribution in [0.25, 0.3) is 0 Å². The van der Waals surface area contributed by atoms with Gasteiger partial charge >= 0.3 is 0 Å². The van der Waals surface area contributed by atoms with Gasteiger partial charge in [-0.2, -0.15) is 0 Å². The highest BCUT2D eigenvalue weighted by Crippen LogP contribution is 2.26. The van der Waals surface area contributed by atoms with Crippen molar-refractivity contribution in [3.8, 4) is 0 Å². The number of hydrogen-bond donors (Lipinski definition) is 2. The molecule has 1 aliphatic carbocycles. The van der Waals surface area contributed by atoms with Crippen molar-refractivity contribution in [2.45, 2.75) is 44.8 Å². The van der Waals surface area contributed by atoms with Crippen molar-refractivity contribution in [2.24, 2.45) is 5.92 Å². The van der Waals surface area contributed by atoms with E-state index in [-0.39, 0.29) is 5.91 Å². The number of nitrogen functional groups attached to an aromatic ring is 1. The van der Waals surface area contributed by atoms with Crippen LogP contribution in [0.1, 0.15) is 38.2 Å². The molecule has 3 N–H and O–H groups in total. The van der Waals surface area contributed by atoms with Crippen molar-refractivity contribution in [3.05, 3.63) is 23.8 Å². The van der Waals surface area contributed by atoms with E-state index in [1.807, 2.05) is 13.0 Å². The van der Waals surface area contributed by atoms with Crippen molar-refractivity contribution in [1.29, 1.82) is 0 Å². The van der Waals surface area contributed by atoms with E-state index in [1.165, 1.54) is 12.8 Å². The van der Waals surface area contributed by atoms with Crippen LogP contribution in [-0.4, -0.2) is 21.1 Å². The number of amides is 1. The quantitative estimate of drug-likeness (QED) is 0.822. The summed E-state index contributed by atoms with van der Waals surface area (Å²) in [5, 5.41) is 2.35. The molecule has 1 amide bonds. The van der Waals surface area contributed by atoms with Crippen LogP contribution in [0.15, 0.2) is 18.2 Å². The summed E-state index contributed by atoms with van der Waals surface area (Å²) in [7, 11) is -1.11. The second-order valence-electron chi connectivity index (χ2n) is 5.85. The van der Waals surface area contributed by atoms with Crippen LogP contribution in [0, 0.1) is 12.8 Å². The topological polar surface area (TPSA) is 72.2 Å². The normalized spacial score (nSPS) is 18.4. The van der Waals surface area contributed by atoms with Gasteiger partial charge in [-0.15, -0.1) is 0 Å². The van der Waals surface area contributed by atoms with Crippen LogP contribution in [0.4, 0.5) is 11.4 Å². The van der Waals surface area contributed by atoms with Gasteiger partial charge in [-0.3, -0.25) is 9.00 Å². The first kappa shape index (κ1) is 16.0. The van der Waals surface area contributed by atoms with E-state index in [1.54, 1.807) is 19.1 Å². The summed E-state index contributed by atoms with van der Waals surface area (Å²) in [6, 6.07) is 5.42. The Labute approximate surface area is 129 Å². The largest absolute Gasteiger partial charge is 0.398 e. The number of nitrogens with two attached hydrogens (primary N) is 1. The van der Waals surface area contributed by atoms with Gasteiger partial charge in [0.1, 0.15) is 5.25 Å². The molecule has 0 aromatic heterocycles.